The Morgan fingerprint density at radius 2 is 1.54 bits per heavy atom. The molecule has 1 saturated heterocycles. The summed E-state index contributed by atoms with van der Waals surface area (Å²) in [6.45, 7) is 17.6. The molecule has 0 radical (unpaired) electrons. The van der Waals surface area contributed by atoms with Crippen molar-refractivity contribution in [2.75, 3.05) is 38.1 Å². The van der Waals surface area contributed by atoms with E-state index in [1.54, 1.807) is 11.9 Å². The minimum atomic E-state index is -0.727. The summed E-state index contributed by atoms with van der Waals surface area (Å²) in [4.78, 5) is 38.5. The Morgan fingerprint density at radius 1 is 0.875 bits per heavy atom. The zero-order valence-corrected chi connectivity index (χ0v) is 34.3. The quantitative estimate of drug-likeness (QED) is 0.133. The monoisotopic (exact) mass is 770 g/mol. The third-order valence-corrected chi connectivity index (χ3v) is 9.79. The first-order chi connectivity index (χ1) is 26.5. The van der Waals surface area contributed by atoms with Gasteiger partial charge in [0, 0.05) is 38.8 Å². The van der Waals surface area contributed by atoms with Crippen molar-refractivity contribution in [3.8, 4) is 11.5 Å². The number of nitrogens with zero attached hydrogens (tertiary/aromatic N) is 5. The van der Waals surface area contributed by atoms with E-state index in [1.807, 2.05) is 122 Å². The van der Waals surface area contributed by atoms with Crippen molar-refractivity contribution < 1.29 is 33.3 Å². The summed E-state index contributed by atoms with van der Waals surface area (Å²) in [5.74, 6) is 1.48. The summed E-state index contributed by atoms with van der Waals surface area (Å²) in [6, 6.07) is 19.6. The van der Waals surface area contributed by atoms with Crippen LogP contribution in [0.25, 0.3) is 11.0 Å². The molecule has 3 heterocycles. The van der Waals surface area contributed by atoms with Crippen LogP contribution in [0.3, 0.4) is 0 Å². The smallest absolute Gasteiger partial charge is 0.415 e. The molecular weight excluding hydrogens is 713 g/mol. The number of hydrogen-bond acceptors (Lipinski definition) is 10. The first kappa shape index (κ1) is 40.9. The van der Waals surface area contributed by atoms with Crippen LogP contribution < -0.4 is 15.0 Å². The van der Waals surface area contributed by atoms with Crippen LogP contribution in [-0.2, 0) is 25.4 Å². The SMILES string of the molecule is CN(C(=O)OC(C)(C)C)c1ncnc2c1ccn2[C@@H]1C[C@H](CNCCCN(CCc2ccc(Oc3ccccc3)cc2)C(=O)OC(C)(C)C)[C@H]2OC(C)(C)O[C@H]21. The zero-order chi connectivity index (χ0) is 40.3. The Balaban J connectivity index is 1.06. The van der Waals surface area contributed by atoms with Crippen molar-refractivity contribution in [1.29, 1.82) is 0 Å². The van der Waals surface area contributed by atoms with Gasteiger partial charge in [-0.1, -0.05) is 30.3 Å². The van der Waals surface area contributed by atoms with Gasteiger partial charge >= 0.3 is 12.2 Å². The molecule has 1 N–H and O–H groups in total. The second kappa shape index (κ2) is 16.8. The predicted octanol–water partition coefficient (Wildman–Crippen LogP) is 8.14. The van der Waals surface area contributed by atoms with Gasteiger partial charge in [0.05, 0.1) is 17.5 Å². The third-order valence-electron chi connectivity index (χ3n) is 9.79. The maximum Gasteiger partial charge on any atom is 0.415 e. The number of aromatic nitrogens is 3. The van der Waals surface area contributed by atoms with Gasteiger partial charge in [0.2, 0.25) is 0 Å². The van der Waals surface area contributed by atoms with E-state index in [1.165, 1.54) is 11.2 Å². The molecule has 1 aliphatic heterocycles. The normalized spacial score (nSPS) is 20.4. The third kappa shape index (κ3) is 10.4. The van der Waals surface area contributed by atoms with E-state index in [2.05, 4.69) is 19.9 Å². The van der Waals surface area contributed by atoms with Gasteiger partial charge in [-0.05, 0) is 117 Å². The Hall–Kier alpha value is -4.72. The summed E-state index contributed by atoms with van der Waals surface area (Å²) in [5.41, 5.74) is 0.596. The summed E-state index contributed by atoms with van der Waals surface area (Å²) < 4.78 is 32.5. The van der Waals surface area contributed by atoms with Gasteiger partial charge in [-0.2, -0.15) is 0 Å². The predicted molar refractivity (Wildman–Crippen MR) is 215 cm³/mol. The number of ether oxygens (including phenoxy) is 5. The molecule has 6 rings (SSSR count). The van der Waals surface area contributed by atoms with Gasteiger partial charge in [-0.25, -0.2) is 19.6 Å². The topological polar surface area (TPSA) is 130 Å². The first-order valence-corrected chi connectivity index (χ1v) is 19.6. The van der Waals surface area contributed by atoms with Gasteiger partial charge < -0.3 is 38.5 Å². The number of hydrogen-bond donors (Lipinski definition) is 1. The molecule has 0 bridgehead atoms. The van der Waals surface area contributed by atoms with Crippen molar-refractivity contribution in [3.63, 3.8) is 0 Å². The van der Waals surface area contributed by atoms with Crippen molar-refractivity contribution in [3.05, 3.63) is 78.8 Å². The van der Waals surface area contributed by atoms with E-state index in [-0.39, 0.29) is 30.3 Å². The number of benzene rings is 2. The highest BCUT2D eigenvalue weighted by atomic mass is 16.8. The first-order valence-electron chi connectivity index (χ1n) is 19.6. The molecule has 0 spiro atoms. The van der Waals surface area contributed by atoms with Gasteiger partial charge in [0.25, 0.3) is 0 Å². The minimum absolute atomic E-state index is 0.0396. The Kier molecular flexibility index (Phi) is 12.3. The van der Waals surface area contributed by atoms with Gasteiger partial charge in [0.15, 0.2) is 11.6 Å². The molecule has 2 aromatic heterocycles. The van der Waals surface area contributed by atoms with E-state index < -0.39 is 23.1 Å². The van der Waals surface area contributed by atoms with Crippen LogP contribution in [0.2, 0.25) is 0 Å². The molecule has 4 atom stereocenters. The highest BCUT2D eigenvalue weighted by Gasteiger charge is 2.54. The number of amides is 2. The summed E-state index contributed by atoms with van der Waals surface area (Å²) in [5, 5.41) is 4.40. The Morgan fingerprint density at radius 3 is 2.23 bits per heavy atom. The lowest BCUT2D eigenvalue weighted by Gasteiger charge is -2.28. The molecule has 0 unspecified atom stereocenters. The Bertz CT molecular complexity index is 1940. The number of anilines is 1. The number of rotatable bonds is 13. The minimum Gasteiger partial charge on any atom is -0.457 e. The van der Waals surface area contributed by atoms with E-state index in [9.17, 15) is 9.59 Å². The molecule has 2 aromatic carbocycles. The van der Waals surface area contributed by atoms with Gasteiger partial charge in [-0.15, -0.1) is 0 Å². The summed E-state index contributed by atoms with van der Waals surface area (Å²) in [6.07, 6.45) is 4.63. The van der Waals surface area contributed by atoms with E-state index in [0.717, 1.165) is 47.5 Å². The molecule has 2 aliphatic rings. The summed E-state index contributed by atoms with van der Waals surface area (Å²) >= 11 is 0. The lowest BCUT2D eigenvalue weighted by atomic mass is 10.1. The van der Waals surface area contributed by atoms with Crippen LogP contribution in [0.4, 0.5) is 15.4 Å². The standard InChI is InChI=1S/C43H58N6O7/c1-41(2,3)55-39(50)47(9)37-33-21-25-49(38(33)46-28-45-37)34-26-30(35-36(34)54-43(7,8)53-35)27-44-22-13-23-48(40(51)56-42(4,5)6)24-20-29-16-18-32(19-17-29)52-31-14-11-10-12-15-31/h10-12,14-19,21,25,28,30,34-36,44H,13,20,22-24,26-27H2,1-9H3/t30-,34-,35-,36+/m1/s1. The molecule has 4 aromatic rings. The molecule has 1 aliphatic carbocycles. The fourth-order valence-corrected chi connectivity index (χ4v) is 7.35. The maximum absolute atomic E-state index is 13.3. The van der Waals surface area contributed by atoms with Gasteiger partial charge in [0.1, 0.15) is 40.8 Å². The lowest BCUT2D eigenvalue weighted by Crippen LogP contribution is -2.39. The lowest BCUT2D eigenvalue weighted by molar-refractivity contribution is -0.160. The largest absolute Gasteiger partial charge is 0.457 e. The number of para-hydroxylation sites is 1. The molecular formula is C43H58N6O7. The number of fused-ring (bicyclic) bond motifs is 2. The van der Waals surface area contributed by atoms with Crippen LogP contribution in [0, 0.1) is 5.92 Å². The number of nitrogens with one attached hydrogen (secondary N) is 1. The van der Waals surface area contributed by atoms with Crippen LogP contribution in [0.15, 0.2) is 73.2 Å². The maximum atomic E-state index is 13.3. The molecule has 56 heavy (non-hydrogen) atoms. The molecule has 302 valence electrons. The van der Waals surface area contributed by atoms with Crippen molar-refractivity contribution in [1.82, 2.24) is 24.8 Å². The second-order valence-corrected chi connectivity index (χ2v) is 17.2. The average Bonchev–Trinajstić information content (AvgIpc) is 3.79. The second-order valence-electron chi connectivity index (χ2n) is 17.2. The van der Waals surface area contributed by atoms with Crippen molar-refractivity contribution in [2.24, 2.45) is 5.92 Å². The Labute approximate surface area is 330 Å². The fourth-order valence-electron chi connectivity index (χ4n) is 7.35. The van der Waals surface area contributed by atoms with E-state index in [4.69, 9.17) is 23.7 Å². The van der Waals surface area contributed by atoms with Crippen LogP contribution in [0.1, 0.15) is 79.8 Å². The number of carbonyl (C=O) groups excluding carboxylic acids is 2. The summed E-state index contributed by atoms with van der Waals surface area (Å²) in [7, 11) is 1.66. The zero-order valence-electron chi connectivity index (χ0n) is 34.3. The highest BCUT2D eigenvalue weighted by molar-refractivity contribution is 5.97. The molecule has 1 saturated carbocycles. The van der Waals surface area contributed by atoms with E-state index in [0.29, 0.717) is 31.9 Å². The highest BCUT2D eigenvalue weighted by Crippen LogP contribution is 2.47. The number of carbonyl (C=O) groups is 2. The fraction of sp³-hybridized carbons (Fsp3) is 0.535. The van der Waals surface area contributed by atoms with Crippen molar-refractivity contribution in [2.45, 2.75) is 110 Å². The van der Waals surface area contributed by atoms with Crippen molar-refractivity contribution >= 4 is 29.0 Å². The van der Waals surface area contributed by atoms with Crippen LogP contribution in [0.5, 0.6) is 11.5 Å². The average molecular weight is 771 g/mol. The van der Waals surface area contributed by atoms with Crippen LogP contribution in [-0.4, -0.2) is 94.0 Å². The van der Waals surface area contributed by atoms with Crippen LogP contribution >= 0.6 is 0 Å². The van der Waals surface area contributed by atoms with E-state index >= 15 is 0 Å². The molecule has 2 amide bonds. The molecule has 2 fully saturated rings. The molecule has 13 heteroatoms. The van der Waals surface area contributed by atoms with Gasteiger partial charge in [-0.3, -0.25) is 4.90 Å². The molecule has 13 nitrogen and oxygen atoms in total.